The second-order valence-corrected chi connectivity index (χ2v) is 5.74. The maximum atomic E-state index is 5.47. The molecule has 0 fully saturated rings. The molecule has 1 unspecified atom stereocenters. The summed E-state index contributed by atoms with van der Waals surface area (Å²) in [5.41, 5.74) is 1.17. The van der Waals surface area contributed by atoms with Gasteiger partial charge in [-0.3, -0.25) is 0 Å². The van der Waals surface area contributed by atoms with Gasteiger partial charge in [-0.1, -0.05) is 36.9 Å². The van der Waals surface area contributed by atoms with E-state index in [1.165, 1.54) is 5.56 Å². The van der Waals surface area contributed by atoms with Crippen LogP contribution in [0.15, 0.2) is 29.4 Å². The Balaban J connectivity index is 2.14. The Morgan fingerprint density at radius 1 is 1.33 bits per heavy atom. The normalized spacial score (nSPS) is 12.4. The number of rotatable bonds is 7. The molecule has 1 N–H and O–H groups in total. The van der Waals surface area contributed by atoms with Crippen LogP contribution >= 0.6 is 11.8 Å². The molecule has 21 heavy (non-hydrogen) atoms. The molecule has 2 rings (SSSR count). The summed E-state index contributed by atoms with van der Waals surface area (Å²) in [5.74, 6) is 2.72. The zero-order valence-corrected chi connectivity index (χ0v) is 13.8. The Bertz CT molecular complexity index is 585. The van der Waals surface area contributed by atoms with Crippen LogP contribution in [0.2, 0.25) is 0 Å². The highest BCUT2D eigenvalue weighted by Gasteiger charge is 2.16. The van der Waals surface area contributed by atoms with Crippen molar-refractivity contribution in [3.05, 3.63) is 35.7 Å². The number of aromatic nitrogens is 3. The lowest BCUT2D eigenvalue weighted by atomic mass is 10.1. The highest BCUT2D eigenvalue weighted by atomic mass is 32.2. The first kappa shape index (κ1) is 15.9. The number of nitrogens with one attached hydrogen (secondary N) is 1. The minimum absolute atomic E-state index is 0.216. The molecular formula is C15H22N4OS. The van der Waals surface area contributed by atoms with Crippen LogP contribution in [0.1, 0.15) is 24.4 Å². The molecule has 0 aliphatic rings. The molecule has 0 bridgehead atoms. The number of aryl methyl sites for hydroxylation is 1. The molecule has 6 heteroatoms. The maximum Gasteiger partial charge on any atom is 0.191 e. The van der Waals surface area contributed by atoms with Gasteiger partial charge in [0.15, 0.2) is 5.16 Å². The molecule has 0 aliphatic carbocycles. The zero-order valence-electron chi connectivity index (χ0n) is 13.0. The van der Waals surface area contributed by atoms with E-state index in [1.807, 2.05) is 36.7 Å². The van der Waals surface area contributed by atoms with Gasteiger partial charge in [-0.25, -0.2) is 0 Å². The van der Waals surface area contributed by atoms with Crippen LogP contribution in [0.5, 0.6) is 5.75 Å². The van der Waals surface area contributed by atoms with Gasteiger partial charge in [0.05, 0.1) is 7.11 Å². The van der Waals surface area contributed by atoms with Gasteiger partial charge >= 0.3 is 0 Å². The average Bonchev–Trinajstić information content (AvgIpc) is 2.83. The van der Waals surface area contributed by atoms with E-state index in [1.54, 1.807) is 18.9 Å². The molecule has 114 valence electrons. The van der Waals surface area contributed by atoms with Crippen LogP contribution in [-0.4, -0.2) is 34.2 Å². The van der Waals surface area contributed by atoms with Gasteiger partial charge < -0.3 is 14.6 Å². The Labute approximate surface area is 130 Å². The van der Waals surface area contributed by atoms with E-state index in [9.17, 15) is 0 Å². The SMILES string of the molecule is CCNC(CSc1nnc(C)n1C)c1ccccc1OC. The largest absolute Gasteiger partial charge is 0.496 e. The number of nitrogens with zero attached hydrogens (tertiary/aromatic N) is 3. The van der Waals surface area contributed by atoms with Crippen molar-refractivity contribution >= 4 is 11.8 Å². The van der Waals surface area contributed by atoms with Crippen molar-refractivity contribution in [1.82, 2.24) is 20.1 Å². The van der Waals surface area contributed by atoms with Crippen LogP contribution in [0, 0.1) is 6.92 Å². The molecule has 0 spiro atoms. The Morgan fingerprint density at radius 2 is 2.10 bits per heavy atom. The lowest BCUT2D eigenvalue weighted by molar-refractivity contribution is 0.403. The Hall–Kier alpha value is -1.53. The van der Waals surface area contributed by atoms with Gasteiger partial charge in [-0.15, -0.1) is 10.2 Å². The smallest absolute Gasteiger partial charge is 0.191 e. The number of ether oxygens (including phenoxy) is 1. The summed E-state index contributed by atoms with van der Waals surface area (Å²) in [6.07, 6.45) is 0. The molecule has 1 aromatic heterocycles. The third-order valence-corrected chi connectivity index (χ3v) is 4.51. The lowest BCUT2D eigenvalue weighted by Gasteiger charge is -2.20. The quantitative estimate of drug-likeness (QED) is 0.797. The summed E-state index contributed by atoms with van der Waals surface area (Å²) >= 11 is 1.70. The molecule has 2 aromatic rings. The second kappa shape index (κ2) is 7.47. The molecule has 0 amide bonds. The summed E-state index contributed by atoms with van der Waals surface area (Å²) < 4.78 is 7.48. The van der Waals surface area contributed by atoms with Gasteiger partial charge in [0.2, 0.25) is 0 Å². The average molecular weight is 306 g/mol. The van der Waals surface area contributed by atoms with E-state index in [0.29, 0.717) is 0 Å². The van der Waals surface area contributed by atoms with E-state index in [0.717, 1.165) is 29.0 Å². The van der Waals surface area contributed by atoms with Gasteiger partial charge in [-0.2, -0.15) is 0 Å². The zero-order chi connectivity index (χ0) is 15.2. The number of methoxy groups -OCH3 is 1. The van der Waals surface area contributed by atoms with E-state index in [2.05, 4.69) is 28.5 Å². The monoisotopic (exact) mass is 306 g/mol. The minimum atomic E-state index is 0.216. The summed E-state index contributed by atoms with van der Waals surface area (Å²) in [7, 11) is 3.70. The van der Waals surface area contributed by atoms with E-state index in [-0.39, 0.29) is 6.04 Å². The Morgan fingerprint density at radius 3 is 2.71 bits per heavy atom. The van der Waals surface area contributed by atoms with Crippen LogP contribution in [0.3, 0.4) is 0 Å². The highest BCUT2D eigenvalue weighted by Crippen LogP contribution is 2.29. The predicted molar refractivity (Wildman–Crippen MR) is 85.9 cm³/mol. The van der Waals surface area contributed by atoms with Crippen LogP contribution in [0.25, 0.3) is 0 Å². The molecule has 1 atom stereocenters. The number of para-hydroxylation sites is 1. The third-order valence-electron chi connectivity index (χ3n) is 3.40. The minimum Gasteiger partial charge on any atom is -0.496 e. The van der Waals surface area contributed by atoms with Crippen molar-refractivity contribution in [2.24, 2.45) is 7.05 Å². The lowest BCUT2D eigenvalue weighted by Crippen LogP contribution is -2.23. The summed E-state index contributed by atoms with van der Waals surface area (Å²) in [4.78, 5) is 0. The first-order chi connectivity index (χ1) is 10.2. The first-order valence-corrected chi connectivity index (χ1v) is 8.01. The first-order valence-electron chi connectivity index (χ1n) is 7.02. The molecule has 1 aromatic carbocycles. The molecule has 0 saturated heterocycles. The highest BCUT2D eigenvalue weighted by molar-refractivity contribution is 7.99. The van der Waals surface area contributed by atoms with Crippen LogP contribution in [-0.2, 0) is 7.05 Å². The standard InChI is InChI=1S/C15H22N4OS/c1-5-16-13(12-8-6-7-9-14(12)20-4)10-21-15-18-17-11(2)19(15)3/h6-9,13,16H,5,10H2,1-4H3. The second-order valence-electron chi connectivity index (χ2n) is 4.75. The molecule has 0 radical (unpaired) electrons. The topological polar surface area (TPSA) is 52.0 Å². The third kappa shape index (κ3) is 3.77. The van der Waals surface area contributed by atoms with Crippen LogP contribution in [0.4, 0.5) is 0 Å². The molecule has 5 nitrogen and oxygen atoms in total. The van der Waals surface area contributed by atoms with Gasteiger partial charge in [-0.05, 0) is 19.5 Å². The van der Waals surface area contributed by atoms with Gasteiger partial charge in [0.25, 0.3) is 0 Å². The number of thioether (sulfide) groups is 1. The van der Waals surface area contributed by atoms with Crippen molar-refractivity contribution in [2.75, 3.05) is 19.4 Å². The van der Waals surface area contributed by atoms with Crippen molar-refractivity contribution in [1.29, 1.82) is 0 Å². The summed E-state index contributed by atoms with van der Waals surface area (Å²) in [6, 6.07) is 8.35. The van der Waals surface area contributed by atoms with Crippen molar-refractivity contribution < 1.29 is 4.74 Å². The van der Waals surface area contributed by atoms with E-state index in [4.69, 9.17) is 4.74 Å². The predicted octanol–water partition coefficient (Wildman–Crippen LogP) is 2.58. The number of benzene rings is 1. The van der Waals surface area contributed by atoms with E-state index >= 15 is 0 Å². The van der Waals surface area contributed by atoms with Gasteiger partial charge in [0.1, 0.15) is 11.6 Å². The number of hydrogen-bond donors (Lipinski definition) is 1. The molecule has 0 saturated carbocycles. The van der Waals surface area contributed by atoms with Gasteiger partial charge in [0, 0.05) is 24.4 Å². The molecule has 0 aliphatic heterocycles. The fraction of sp³-hybridized carbons (Fsp3) is 0.467. The number of hydrogen-bond acceptors (Lipinski definition) is 5. The summed E-state index contributed by atoms with van der Waals surface area (Å²) in [6.45, 7) is 4.97. The fourth-order valence-corrected chi connectivity index (χ4v) is 3.17. The molecule has 1 heterocycles. The fourth-order valence-electron chi connectivity index (χ4n) is 2.13. The van der Waals surface area contributed by atoms with Crippen molar-refractivity contribution in [3.63, 3.8) is 0 Å². The maximum absolute atomic E-state index is 5.47. The van der Waals surface area contributed by atoms with Crippen LogP contribution < -0.4 is 10.1 Å². The molecular weight excluding hydrogens is 284 g/mol. The van der Waals surface area contributed by atoms with Crippen molar-refractivity contribution in [2.45, 2.75) is 25.0 Å². The summed E-state index contributed by atoms with van der Waals surface area (Å²) in [5, 5.41) is 12.7. The van der Waals surface area contributed by atoms with E-state index < -0.39 is 0 Å². The van der Waals surface area contributed by atoms with Crippen molar-refractivity contribution in [3.8, 4) is 5.75 Å². The Kier molecular flexibility index (Phi) is 5.64.